The van der Waals surface area contributed by atoms with Gasteiger partial charge in [-0.2, -0.15) is 0 Å². The summed E-state index contributed by atoms with van der Waals surface area (Å²) < 4.78 is 1.13. The third-order valence-electron chi connectivity index (χ3n) is 2.94. The van der Waals surface area contributed by atoms with Crippen molar-refractivity contribution in [1.82, 2.24) is 0 Å². The fourth-order valence-electron chi connectivity index (χ4n) is 2.29. The largest absolute Gasteiger partial charge is 0.0625 e. The van der Waals surface area contributed by atoms with Crippen molar-refractivity contribution in [3.05, 3.63) is 58.1 Å². The van der Waals surface area contributed by atoms with Crippen LogP contribution in [0, 0.1) is 12.8 Å². The molecule has 0 N–H and O–H groups in total. The van der Waals surface area contributed by atoms with E-state index in [9.17, 15) is 0 Å². The summed E-state index contributed by atoms with van der Waals surface area (Å²) >= 11 is 3.54. The van der Waals surface area contributed by atoms with Gasteiger partial charge in [-0.3, -0.25) is 0 Å². The molecule has 0 aromatic heterocycles. The molecular weight excluding hydrogens is 284 g/mol. The summed E-state index contributed by atoms with van der Waals surface area (Å²) in [5, 5.41) is 0. The molecule has 2 rings (SSSR count). The maximum atomic E-state index is 3.54. The Hall–Kier alpha value is -1.08. The minimum Gasteiger partial charge on any atom is -0.0625 e. The molecule has 0 unspecified atom stereocenters. The van der Waals surface area contributed by atoms with Crippen LogP contribution in [0.3, 0.4) is 0 Å². The average molecular weight is 303 g/mol. The van der Waals surface area contributed by atoms with Crippen molar-refractivity contribution in [1.29, 1.82) is 0 Å². The van der Waals surface area contributed by atoms with Gasteiger partial charge in [0, 0.05) is 4.47 Å². The first-order chi connectivity index (χ1) is 8.54. The Kier molecular flexibility index (Phi) is 4.23. The molecule has 2 aromatic carbocycles. The van der Waals surface area contributed by atoms with E-state index in [1.807, 2.05) is 0 Å². The molecule has 0 amide bonds. The molecule has 0 saturated heterocycles. The first kappa shape index (κ1) is 13.4. The van der Waals surface area contributed by atoms with Crippen molar-refractivity contribution in [2.75, 3.05) is 0 Å². The second-order valence-corrected chi connectivity index (χ2v) is 6.23. The van der Waals surface area contributed by atoms with E-state index >= 15 is 0 Å². The lowest BCUT2D eigenvalue weighted by Crippen LogP contribution is -1.95. The molecule has 0 fully saturated rings. The summed E-state index contributed by atoms with van der Waals surface area (Å²) in [7, 11) is 0. The Morgan fingerprint density at radius 1 is 1.00 bits per heavy atom. The molecule has 0 saturated carbocycles. The second kappa shape index (κ2) is 5.71. The average Bonchev–Trinajstić information content (AvgIpc) is 2.27. The number of hydrogen-bond acceptors (Lipinski definition) is 0. The van der Waals surface area contributed by atoms with E-state index in [4.69, 9.17) is 0 Å². The van der Waals surface area contributed by atoms with Gasteiger partial charge in [-0.15, -0.1) is 0 Å². The molecule has 0 spiro atoms. The maximum absolute atomic E-state index is 3.54. The van der Waals surface area contributed by atoms with Gasteiger partial charge >= 0.3 is 0 Å². The number of rotatable bonds is 3. The monoisotopic (exact) mass is 302 g/mol. The van der Waals surface area contributed by atoms with E-state index in [1.165, 1.54) is 22.3 Å². The smallest absolute Gasteiger partial charge is 0.0181 e. The van der Waals surface area contributed by atoms with E-state index in [0.717, 1.165) is 10.9 Å². The van der Waals surface area contributed by atoms with E-state index in [0.29, 0.717) is 5.92 Å². The van der Waals surface area contributed by atoms with Gasteiger partial charge in [-0.25, -0.2) is 0 Å². The number of aryl methyl sites for hydroxylation is 1. The van der Waals surface area contributed by atoms with Crippen LogP contribution in [-0.4, -0.2) is 0 Å². The van der Waals surface area contributed by atoms with Crippen LogP contribution in [0.15, 0.2) is 46.9 Å². The topological polar surface area (TPSA) is 0 Å². The fourth-order valence-corrected chi connectivity index (χ4v) is 2.69. The molecule has 0 heterocycles. The van der Waals surface area contributed by atoms with Crippen LogP contribution in [0.4, 0.5) is 0 Å². The standard InChI is InChI=1S/C17H19Br/c1-12(2)7-14-8-13(3)9-16(10-14)15-5-4-6-17(18)11-15/h4-6,8-12H,7H2,1-3H3. The molecule has 0 bridgehead atoms. The zero-order valence-electron chi connectivity index (χ0n) is 11.2. The first-order valence-electron chi connectivity index (χ1n) is 6.41. The minimum absolute atomic E-state index is 0.696. The summed E-state index contributed by atoms with van der Waals surface area (Å²) in [5.74, 6) is 0.696. The van der Waals surface area contributed by atoms with Crippen LogP contribution >= 0.6 is 15.9 Å². The minimum atomic E-state index is 0.696. The van der Waals surface area contributed by atoms with Crippen molar-refractivity contribution in [3.63, 3.8) is 0 Å². The predicted molar refractivity (Wildman–Crippen MR) is 82.9 cm³/mol. The Morgan fingerprint density at radius 3 is 2.44 bits per heavy atom. The highest BCUT2D eigenvalue weighted by Gasteiger charge is 2.04. The highest BCUT2D eigenvalue weighted by atomic mass is 79.9. The maximum Gasteiger partial charge on any atom is 0.0181 e. The van der Waals surface area contributed by atoms with Gasteiger partial charge in [0.1, 0.15) is 0 Å². The molecule has 18 heavy (non-hydrogen) atoms. The van der Waals surface area contributed by atoms with Crippen molar-refractivity contribution in [3.8, 4) is 11.1 Å². The van der Waals surface area contributed by atoms with Gasteiger partial charge < -0.3 is 0 Å². The Balaban J connectivity index is 2.41. The van der Waals surface area contributed by atoms with Gasteiger partial charge in [0.25, 0.3) is 0 Å². The van der Waals surface area contributed by atoms with Gasteiger partial charge in [0.2, 0.25) is 0 Å². The van der Waals surface area contributed by atoms with E-state index < -0.39 is 0 Å². The molecule has 0 aliphatic rings. The Labute approximate surface area is 118 Å². The molecule has 2 aromatic rings. The number of halogens is 1. The van der Waals surface area contributed by atoms with E-state index in [1.54, 1.807) is 0 Å². The van der Waals surface area contributed by atoms with Crippen LogP contribution in [0.25, 0.3) is 11.1 Å². The van der Waals surface area contributed by atoms with Crippen molar-refractivity contribution >= 4 is 15.9 Å². The fraction of sp³-hybridized carbons (Fsp3) is 0.294. The zero-order chi connectivity index (χ0) is 13.1. The van der Waals surface area contributed by atoms with Gasteiger partial charge in [-0.05, 0) is 48.1 Å². The summed E-state index contributed by atoms with van der Waals surface area (Å²) in [4.78, 5) is 0. The molecule has 0 atom stereocenters. The third-order valence-corrected chi connectivity index (χ3v) is 3.43. The Morgan fingerprint density at radius 2 is 1.78 bits per heavy atom. The van der Waals surface area contributed by atoms with Gasteiger partial charge in [-0.1, -0.05) is 65.7 Å². The van der Waals surface area contributed by atoms with Crippen molar-refractivity contribution in [2.24, 2.45) is 5.92 Å². The van der Waals surface area contributed by atoms with Crippen LogP contribution < -0.4 is 0 Å². The van der Waals surface area contributed by atoms with Crippen molar-refractivity contribution < 1.29 is 0 Å². The lowest BCUT2D eigenvalue weighted by Gasteiger charge is -2.10. The van der Waals surface area contributed by atoms with Crippen molar-refractivity contribution in [2.45, 2.75) is 27.2 Å². The van der Waals surface area contributed by atoms with Gasteiger partial charge in [0.05, 0.1) is 0 Å². The molecule has 1 heteroatoms. The van der Waals surface area contributed by atoms with Crippen LogP contribution in [0.1, 0.15) is 25.0 Å². The number of benzene rings is 2. The summed E-state index contributed by atoms with van der Waals surface area (Å²) in [6, 6.07) is 15.4. The molecule has 94 valence electrons. The lowest BCUT2D eigenvalue weighted by molar-refractivity contribution is 0.647. The molecule has 0 aliphatic heterocycles. The molecule has 0 radical (unpaired) electrons. The Bertz CT molecular complexity index is 541. The zero-order valence-corrected chi connectivity index (χ0v) is 12.8. The predicted octanol–water partition coefficient (Wildman–Crippen LogP) is 5.62. The number of hydrogen-bond donors (Lipinski definition) is 0. The van der Waals surface area contributed by atoms with Crippen LogP contribution in [-0.2, 0) is 6.42 Å². The summed E-state index contributed by atoms with van der Waals surface area (Å²) in [6.45, 7) is 6.70. The first-order valence-corrected chi connectivity index (χ1v) is 7.20. The van der Waals surface area contributed by atoms with E-state index in [-0.39, 0.29) is 0 Å². The second-order valence-electron chi connectivity index (χ2n) is 5.32. The molecule has 0 nitrogen and oxygen atoms in total. The molecular formula is C17H19Br. The van der Waals surface area contributed by atoms with E-state index in [2.05, 4.69) is 79.2 Å². The summed E-state index contributed by atoms with van der Waals surface area (Å²) in [6.07, 6.45) is 1.14. The normalized spacial score (nSPS) is 10.9. The molecule has 0 aliphatic carbocycles. The SMILES string of the molecule is Cc1cc(CC(C)C)cc(-c2cccc(Br)c2)c1. The quantitative estimate of drug-likeness (QED) is 0.690. The van der Waals surface area contributed by atoms with Gasteiger partial charge in [0.15, 0.2) is 0 Å². The highest BCUT2D eigenvalue weighted by molar-refractivity contribution is 9.10. The summed E-state index contributed by atoms with van der Waals surface area (Å²) in [5.41, 5.74) is 5.35. The lowest BCUT2D eigenvalue weighted by atomic mass is 9.96. The highest BCUT2D eigenvalue weighted by Crippen LogP contribution is 2.26. The third kappa shape index (κ3) is 3.46. The van der Waals surface area contributed by atoms with Crippen LogP contribution in [0.2, 0.25) is 0 Å². The van der Waals surface area contributed by atoms with Crippen LogP contribution in [0.5, 0.6) is 0 Å².